The summed E-state index contributed by atoms with van der Waals surface area (Å²) in [4.78, 5) is 42.5. The monoisotopic (exact) mass is 369 g/mol. The lowest BCUT2D eigenvalue weighted by Gasteiger charge is -2.34. The maximum Gasteiger partial charge on any atom is 0.308 e. The van der Waals surface area contributed by atoms with Crippen LogP contribution in [0.5, 0.6) is 0 Å². The van der Waals surface area contributed by atoms with E-state index in [4.69, 9.17) is 4.42 Å². The van der Waals surface area contributed by atoms with Gasteiger partial charge < -0.3 is 14.4 Å². The van der Waals surface area contributed by atoms with Crippen LogP contribution in [0.2, 0.25) is 0 Å². The number of para-hydroxylation sites is 1. The molecular weight excluding hydrogens is 350 g/mol. The van der Waals surface area contributed by atoms with Gasteiger partial charge in [-0.05, 0) is 24.5 Å². The molecule has 2 aromatic heterocycles. The Hall–Kier alpha value is -3.16. The Kier molecular flexibility index (Phi) is 4.18. The molecule has 1 aliphatic rings. The summed E-state index contributed by atoms with van der Waals surface area (Å²) in [6, 6.07) is 7.23. The number of likely N-dealkylation sites (tertiary alicyclic amines) is 1. The van der Waals surface area contributed by atoms with Crippen molar-refractivity contribution in [2.75, 3.05) is 13.1 Å². The second kappa shape index (κ2) is 6.53. The number of nitrogens with zero attached hydrogens (tertiary/aromatic N) is 3. The third kappa shape index (κ3) is 3.07. The number of furan rings is 1. The average Bonchev–Trinajstić information content (AvgIpc) is 3.03. The van der Waals surface area contributed by atoms with Gasteiger partial charge >= 0.3 is 5.97 Å². The van der Waals surface area contributed by atoms with Crippen molar-refractivity contribution in [3.8, 4) is 0 Å². The zero-order chi connectivity index (χ0) is 19.1. The van der Waals surface area contributed by atoms with Gasteiger partial charge in [-0.3, -0.25) is 19.0 Å². The van der Waals surface area contributed by atoms with Crippen LogP contribution in [0.1, 0.15) is 13.3 Å². The number of carboxylic acids is 1. The molecule has 8 heteroatoms. The number of carbonyl (C=O) groups excluding carboxylic acids is 1. The fraction of sp³-hybridized carbons (Fsp3) is 0.368. The summed E-state index contributed by atoms with van der Waals surface area (Å²) in [7, 11) is 0. The first-order valence-corrected chi connectivity index (χ1v) is 8.81. The molecule has 3 heterocycles. The lowest BCUT2D eigenvalue weighted by Crippen LogP contribution is -2.47. The zero-order valence-electron chi connectivity index (χ0n) is 14.8. The van der Waals surface area contributed by atoms with Crippen LogP contribution in [-0.2, 0) is 16.1 Å². The van der Waals surface area contributed by atoms with Gasteiger partial charge in [0, 0.05) is 18.5 Å². The van der Waals surface area contributed by atoms with Crippen LogP contribution in [0.3, 0.4) is 0 Å². The second-order valence-electron chi connectivity index (χ2n) is 7.13. The summed E-state index contributed by atoms with van der Waals surface area (Å²) in [6.07, 6.45) is 1.89. The number of aliphatic carboxylic acids is 1. The summed E-state index contributed by atoms with van der Waals surface area (Å²) in [6.45, 7) is 2.37. The van der Waals surface area contributed by atoms with Crippen molar-refractivity contribution in [3.63, 3.8) is 0 Å². The Bertz CT molecular complexity index is 1100. The quantitative estimate of drug-likeness (QED) is 0.753. The van der Waals surface area contributed by atoms with Crippen molar-refractivity contribution in [3.05, 3.63) is 40.9 Å². The number of hydrogen-bond acceptors (Lipinski definition) is 5. The topological polar surface area (TPSA) is 106 Å². The van der Waals surface area contributed by atoms with E-state index in [2.05, 4.69) is 4.98 Å². The van der Waals surface area contributed by atoms with Gasteiger partial charge in [0.1, 0.15) is 17.6 Å². The second-order valence-corrected chi connectivity index (χ2v) is 7.13. The molecular formula is C19H19N3O5. The highest BCUT2D eigenvalue weighted by Gasteiger charge is 2.32. The van der Waals surface area contributed by atoms with E-state index in [-0.39, 0.29) is 30.5 Å². The van der Waals surface area contributed by atoms with Crippen molar-refractivity contribution in [1.82, 2.24) is 14.5 Å². The van der Waals surface area contributed by atoms with Crippen LogP contribution in [0.4, 0.5) is 0 Å². The molecule has 0 aliphatic carbocycles. The normalized spacial score (nSPS) is 20.3. The fourth-order valence-electron chi connectivity index (χ4n) is 3.71. The van der Waals surface area contributed by atoms with Gasteiger partial charge in [0.2, 0.25) is 11.5 Å². The molecule has 4 rings (SSSR count). The number of carbonyl (C=O) groups is 2. The minimum absolute atomic E-state index is 0.0940. The molecule has 8 nitrogen and oxygen atoms in total. The van der Waals surface area contributed by atoms with Gasteiger partial charge in [0.15, 0.2) is 0 Å². The first-order valence-electron chi connectivity index (χ1n) is 8.81. The lowest BCUT2D eigenvalue weighted by atomic mass is 9.90. The standard InChI is InChI=1S/C19H19N3O5/c1-11-6-12(19(25)26)8-21(7-11)15(23)9-22-10-20-16-13-4-2-3-5-14(13)27-17(16)18(22)24/h2-5,10-12H,6-9H2,1H3,(H,25,26). The Labute approximate surface area is 154 Å². The van der Waals surface area contributed by atoms with Crippen molar-refractivity contribution in [2.24, 2.45) is 11.8 Å². The smallest absolute Gasteiger partial charge is 0.308 e. The molecule has 27 heavy (non-hydrogen) atoms. The molecule has 2 atom stereocenters. The highest BCUT2D eigenvalue weighted by molar-refractivity contribution is 6.01. The van der Waals surface area contributed by atoms with E-state index < -0.39 is 17.4 Å². The predicted octanol–water partition coefficient (Wildman–Crippen LogP) is 1.71. The summed E-state index contributed by atoms with van der Waals surface area (Å²) >= 11 is 0. The maximum absolute atomic E-state index is 12.7. The Morgan fingerprint density at radius 3 is 2.85 bits per heavy atom. The van der Waals surface area contributed by atoms with Crippen LogP contribution >= 0.6 is 0 Å². The number of amides is 1. The molecule has 1 aliphatic heterocycles. The van der Waals surface area contributed by atoms with Crippen molar-refractivity contribution < 1.29 is 19.1 Å². The summed E-state index contributed by atoms with van der Waals surface area (Å²) in [5, 5.41) is 10.0. The number of aromatic nitrogens is 2. The number of rotatable bonds is 3. The van der Waals surface area contributed by atoms with Gasteiger partial charge in [0.25, 0.3) is 5.56 Å². The maximum atomic E-state index is 12.7. The highest BCUT2D eigenvalue weighted by Crippen LogP contribution is 2.24. The minimum Gasteiger partial charge on any atom is -0.481 e. The largest absolute Gasteiger partial charge is 0.481 e. The van der Waals surface area contributed by atoms with Crippen molar-refractivity contribution >= 4 is 33.9 Å². The Morgan fingerprint density at radius 1 is 1.30 bits per heavy atom. The molecule has 0 bridgehead atoms. The number of benzene rings is 1. The molecule has 3 aromatic rings. The number of carboxylic acid groups (broad SMARTS) is 1. The van der Waals surface area contributed by atoms with Gasteiger partial charge in [-0.2, -0.15) is 0 Å². The zero-order valence-corrected chi connectivity index (χ0v) is 14.8. The lowest BCUT2D eigenvalue weighted by molar-refractivity contribution is -0.147. The molecule has 1 fully saturated rings. The van der Waals surface area contributed by atoms with Crippen LogP contribution in [0.25, 0.3) is 22.1 Å². The fourth-order valence-corrected chi connectivity index (χ4v) is 3.71. The van der Waals surface area contributed by atoms with Crippen LogP contribution in [-0.4, -0.2) is 44.5 Å². The number of piperidine rings is 1. The van der Waals surface area contributed by atoms with E-state index >= 15 is 0 Å². The van der Waals surface area contributed by atoms with E-state index in [1.807, 2.05) is 25.1 Å². The third-order valence-electron chi connectivity index (χ3n) is 5.02. The van der Waals surface area contributed by atoms with E-state index in [0.29, 0.717) is 24.1 Å². The summed E-state index contributed by atoms with van der Waals surface area (Å²) in [5.74, 6) is -1.68. The molecule has 1 amide bonds. The van der Waals surface area contributed by atoms with Gasteiger partial charge in [-0.25, -0.2) is 4.98 Å². The van der Waals surface area contributed by atoms with Gasteiger partial charge in [-0.1, -0.05) is 19.1 Å². The minimum atomic E-state index is -0.901. The van der Waals surface area contributed by atoms with E-state index in [9.17, 15) is 19.5 Å². The SMILES string of the molecule is CC1CC(C(=O)O)CN(C(=O)Cn2cnc3c(oc4ccccc43)c2=O)C1. The molecule has 140 valence electrons. The molecule has 1 aromatic carbocycles. The predicted molar refractivity (Wildman–Crippen MR) is 97.3 cm³/mol. The number of fused-ring (bicyclic) bond motifs is 3. The molecule has 0 saturated carbocycles. The average molecular weight is 369 g/mol. The van der Waals surface area contributed by atoms with Crippen LogP contribution in [0, 0.1) is 11.8 Å². The first-order chi connectivity index (χ1) is 12.9. The van der Waals surface area contributed by atoms with Crippen LogP contribution < -0.4 is 5.56 Å². The van der Waals surface area contributed by atoms with Crippen molar-refractivity contribution in [2.45, 2.75) is 19.9 Å². The molecule has 1 saturated heterocycles. The van der Waals surface area contributed by atoms with E-state index in [0.717, 1.165) is 5.39 Å². The van der Waals surface area contributed by atoms with Crippen LogP contribution in [0.15, 0.2) is 39.8 Å². The summed E-state index contributed by atoms with van der Waals surface area (Å²) < 4.78 is 6.83. The Balaban J connectivity index is 1.62. The number of hydrogen-bond donors (Lipinski definition) is 1. The molecule has 2 unspecified atom stereocenters. The van der Waals surface area contributed by atoms with Crippen molar-refractivity contribution in [1.29, 1.82) is 0 Å². The van der Waals surface area contributed by atoms with Gasteiger partial charge in [-0.15, -0.1) is 0 Å². The molecule has 0 spiro atoms. The summed E-state index contributed by atoms with van der Waals surface area (Å²) in [5.41, 5.74) is 0.721. The third-order valence-corrected chi connectivity index (χ3v) is 5.02. The Morgan fingerprint density at radius 2 is 2.07 bits per heavy atom. The van der Waals surface area contributed by atoms with Gasteiger partial charge in [0.05, 0.1) is 12.2 Å². The first kappa shape index (κ1) is 17.3. The molecule has 0 radical (unpaired) electrons. The molecule has 1 N–H and O–H groups in total. The highest BCUT2D eigenvalue weighted by atomic mass is 16.4. The van der Waals surface area contributed by atoms with E-state index in [1.165, 1.54) is 15.8 Å². The van der Waals surface area contributed by atoms with E-state index in [1.54, 1.807) is 6.07 Å².